The molecule has 114 valence electrons. The van der Waals surface area contributed by atoms with Gasteiger partial charge in [-0.1, -0.05) is 12.1 Å². The van der Waals surface area contributed by atoms with Crippen LogP contribution in [0.2, 0.25) is 0 Å². The number of nitrogens with one attached hydrogen (secondary N) is 1. The number of ether oxygens (including phenoxy) is 2. The van der Waals surface area contributed by atoms with Gasteiger partial charge in [0.25, 0.3) is 0 Å². The number of carbonyl (C=O) groups is 1. The van der Waals surface area contributed by atoms with Crippen molar-refractivity contribution in [2.45, 2.75) is 13.0 Å². The standard InChI is InChI=1S/C16H22N2O3/c1-4-14(18-9-7-17-8-10-18)13-5-6-15(21-12(2)19)16(11-13)20-3/h4-6,11,14,17H,1,7-10H2,2-3H3/t14-/m1/s1. The Hall–Kier alpha value is -1.85. The first kappa shape index (κ1) is 15.5. The van der Waals surface area contributed by atoms with Crippen LogP contribution in [-0.2, 0) is 4.79 Å². The third-order valence-electron chi connectivity index (χ3n) is 3.55. The van der Waals surface area contributed by atoms with Gasteiger partial charge in [0.15, 0.2) is 11.5 Å². The fourth-order valence-electron chi connectivity index (χ4n) is 2.56. The Morgan fingerprint density at radius 2 is 2.10 bits per heavy atom. The zero-order valence-electron chi connectivity index (χ0n) is 12.6. The molecule has 1 fully saturated rings. The van der Waals surface area contributed by atoms with Crippen LogP contribution in [0.5, 0.6) is 11.5 Å². The minimum atomic E-state index is -0.358. The van der Waals surface area contributed by atoms with Crippen LogP contribution in [0, 0.1) is 0 Å². The molecule has 1 atom stereocenters. The fourth-order valence-corrected chi connectivity index (χ4v) is 2.56. The highest BCUT2D eigenvalue weighted by Gasteiger charge is 2.21. The predicted octanol–water partition coefficient (Wildman–Crippen LogP) is 1.75. The van der Waals surface area contributed by atoms with Gasteiger partial charge in [0.1, 0.15) is 0 Å². The van der Waals surface area contributed by atoms with Crippen LogP contribution < -0.4 is 14.8 Å². The van der Waals surface area contributed by atoms with Crippen molar-refractivity contribution in [1.29, 1.82) is 0 Å². The van der Waals surface area contributed by atoms with Crippen LogP contribution in [0.3, 0.4) is 0 Å². The first-order chi connectivity index (χ1) is 10.2. The van der Waals surface area contributed by atoms with E-state index in [1.165, 1.54) is 6.92 Å². The number of rotatable bonds is 5. The SMILES string of the molecule is C=C[C@H](c1ccc(OC(C)=O)c(OC)c1)N1CCNCC1. The zero-order valence-corrected chi connectivity index (χ0v) is 12.6. The summed E-state index contributed by atoms with van der Waals surface area (Å²) in [5, 5.41) is 3.34. The van der Waals surface area contributed by atoms with E-state index in [-0.39, 0.29) is 12.0 Å². The Kier molecular flexibility index (Phi) is 5.36. The monoisotopic (exact) mass is 290 g/mol. The van der Waals surface area contributed by atoms with Crippen molar-refractivity contribution < 1.29 is 14.3 Å². The van der Waals surface area contributed by atoms with E-state index in [0.717, 1.165) is 31.7 Å². The first-order valence-electron chi connectivity index (χ1n) is 7.09. The van der Waals surface area contributed by atoms with Crippen molar-refractivity contribution in [3.63, 3.8) is 0 Å². The first-order valence-corrected chi connectivity index (χ1v) is 7.09. The van der Waals surface area contributed by atoms with Crippen LogP contribution in [-0.4, -0.2) is 44.2 Å². The number of benzene rings is 1. The predicted molar refractivity (Wildman–Crippen MR) is 81.7 cm³/mol. The molecule has 1 aliphatic heterocycles. The topological polar surface area (TPSA) is 50.8 Å². The minimum Gasteiger partial charge on any atom is -0.493 e. The number of carbonyl (C=O) groups excluding carboxylic acids is 1. The summed E-state index contributed by atoms with van der Waals surface area (Å²) in [5.74, 6) is 0.644. The summed E-state index contributed by atoms with van der Waals surface area (Å²) >= 11 is 0. The van der Waals surface area contributed by atoms with E-state index in [0.29, 0.717) is 11.5 Å². The van der Waals surface area contributed by atoms with Crippen LogP contribution in [0.15, 0.2) is 30.9 Å². The molecule has 1 heterocycles. The molecule has 0 amide bonds. The summed E-state index contributed by atoms with van der Waals surface area (Å²) in [4.78, 5) is 13.5. The highest BCUT2D eigenvalue weighted by atomic mass is 16.6. The van der Waals surface area contributed by atoms with Gasteiger partial charge >= 0.3 is 5.97 Å². The van der Waals surface area contributed by atoms with E-state index in [9.17, 15) is 4.79 Å². The van der Waals surface area contributed by atoms with Crippen molar-refractivity contribution in [3.05, 3.63) is 36.4 Å². The van der Waals surface area contributed by atoms with E-state index in [2.05, 4.69) is 16.8 Å². The smallest absolute Gasteiger partial charge is 0.308 e. The lowest BCUT2D eigenvalue weighted by atomic mass is 10.0. The zero-order chi connectivity index (χ0) is 15.2. The van der Waals surface area contributed by atoms with Gasteiger partial charge in [-0.25, -0.2) is 0 Å². The summed E-state index contributed by atoms with van der Waals surface area (Å²) in [6.07, 6.45) is 1.94. The van der Waals surface area contributed by atoms with Gasteiger partial charge in [0.05, 0.1) is 13.2 Å². The summed E-state index contributed by atoms with van der Waals surface area (Å²) in [6, 6.07) is 5.77. The molecule has 1 saturated heterocycles. The molecule has 0 bridgehead atoms. The van der Waals surface area contributed by atoms with Gasteiger partial charge in [-0.3, -0.25) is 9.69 Å². The molecule has 0 spiro atoms. The lowest BCUT2D eigenvalue weighted by Gasteiger charge is -2.33. The van der Waals surface area contributed by atoms with Crippen molar-refractivity contribution in [2.75, 3.05) is 33.3 Å². The Bertz CT molecular complexity index is 510. The maximum atomic E-state index is 11.1. The Morgan fingerprint density at radius 3 is 2.67 bits per heavy atom. The molecular weight excluding hydrogens is 268 g/mol. The average molecular weight is 290 g/mol. The van der Waals surface area contributed by atoms with Crippen molar-refractivity contribution in [1.82, 2.24) is 10.2 Å². The molecular formula is C16H22N2O3. The Labute approximate surface area is 125 Å². The Balaban J connectivity index is 2.24. The molecule has 0 aliphatic carbocycles. The molecule has 0 unspecified atom stereocenters. The molecule has 21 heavy (non-hydrogen) atoms. The van der Waals surface area contributed by atoms with E-state index in [4.69, 9.17) is 9.47 Å². The summed E-state index contributed by atoms with van der Waals surface area (Å²) in [6.45, 7) is 9.24. The van der Waals surface area contributed by atoms with Gasteiger partial charge in [0.2, 0.25) is 0 Å². The number of methoxy groups -OCH3 is 1. The van der Waals surface area contributed by atoms with E-state index >= 15 is 0 Å². The molecule has 0 radical (unpaired) electrons. The third-order valence-corrected chi connectivity index (χ3v) is 3.55. The average Bonchev–Trinajstić information content (AvgIpc) is 2.50. The maximum Gasteiger partial charge on any atom is 0.308 e. The summed E-state index contributed by atoms with van der Waals surface area (Å²) < 4.78 is 10.5. The van der Waals surface area contributed by atoms with E-state index in [1.807, 2.05) is 18.2 Å². The molecule has 0 saturated carbocycles. The second kappa shape index (κ2) is 7.24. The summed E-state index contributed by atoms with van der Waals surface area (Å²) in [5.41, 5.74) is 1.08. The van der Waals surface area contributed by atoms with E-state index < -0.39 is 0 Å². The van der Waals surface area contributed by atoms with Crippen molar-refractivity contribution >= 4 is 5.97 Å². The number of piperazine rings is 1. The van der Waals surface area contributed by atoms with Gasteiger partial charge in [-0.15, -0.1) is 6.58 Å². The van der Waals surface area contributed by atoms with Crippen LogP contribution in [0.4, 0.5) is 0 Å². The molecule has 5 nitrogen and oxygen atoms in total. The number of hydrogen-bond donors (Lipinski definition) is 1. The molecule has 1 aliphatic rings. The van der Waals surface area contributed by atoms with Crippen molar-refractivity contribution in [3.8, 4) is 11.5 Å². The number of hydrogen-bond acceptors (Lipinski definition) is 5. The van der Waals surface area contributed by atoms with Gasteiger partial charge < -0.3 is 14.8 Å². The fraction of sp³-hybridized carbons (Fsp3) is 0.438. The van der Waals surface area contributed by atoms with Crippen molar-refractivity contribution in [2.24, 2.45) is 0 Å². The second-order valence-corrected chi connectivity index (χ2v) is 4.97. The second-order valence-electron chi connectivity index (χ2n) is 4.97. The van der Waals surface area contributed by atoms with E-state index in [1.54, 1.807) is 13.2 Å². The van der Waals surface area contributed by atoms with Crippen LogP contribution in [0.1, 0.15) is 18.5 Å². The highest BCUT2D eigenvalue weighted by Crippen LogP contribution is 2.32. The van der Waals surface area contributed by atoms with Gasteiger partial charge in [-0.05, 0) is 17.7 Å². The van der Waals surface area contributed by atoms with Gasteiger partial charge in [0, 0.05) is 33.1 Å². The van der Waals surface area contributed by atoms with Gasteiger partial charge in [-0.2, -0.15) is 0 Å². The molecule has 2 rings (SSSR count). The Morgan fingerprint density at radius 1 is 1.38 bits per heavy atom. The normalized spacial score (nSPS) is 17.0. The van der Waals surface area contributed by atoms with Crippen LogP contribution in [0.25, 0.3) is 0 Å². The molecule has 1 aromatic rings. The molecule has 1 N–H and O–H groups in total. The number of nitrogens with zero attached hydrogens (tertiary/aromatic N) is 1. The highest BCUT2D eigenvalue weighted by molar-refractivity contribution is 5.70. The maximum absolute atomic E-state index is 11.1. The third kappa shape index (κ3) is 3.83. The molecule has 1 aromatic carbocycles. The lowest BCUT2D eigenvalue weighted by molar-refractivity contribution is -0.132. The summed E-state index contributed by atoms with van der Waals surface area (Å²) in [7, 11) is 1.57. The van der Waals surface area contributed by atoms with Crippen LogP contribution >= 0.6 is 0 Å². The lowest BCUT2D eigenvalue weighted by Crippen LogP contribution is -2.44. The number of esters is 1. The quantitative estimate of drug-likeness (QED) is 0.509. The molecule has 0 aromatic heterocycles. The largest absolute Gasteiger partial charge is 0.493 e. The minimum absolute atomic E-state index is 0.132. The molecule has 5 heteroatoms.